The van der Waals surface area contributed by atoms with Crippen LogP contribution in [-0.2, 0) is 11.3 Å². The number of hydrogen-bond acceptors (Lipinski definition) is 5. The van der Waals surface area contributed by atoms with Gasteiger partial charge >= 0.3 is 6.03 Å². The molecule has 0 aliphatic carbocycles. The number of carbonyl (C=O) groups excluding carboxylic acids is 1. The molecular formula is C23H23N5O3. The van der Waals surface area contributed by atoms with Gasteiger partial charge in [0.1, 0.15) is 12.4 Å². The number of anilines is 1. The van der Waals surface area contributed by atoms with Gasteiger partial charge in [-0.3, -0.25) is 10.4 Å². The number of benzene rings is 2. The summed E-state index contributed by atoms with van der Waals surface area (Å²) in [5, 5.41) is 13.5. The fraction of sp³-hybridized carbons (Fsp3) is 0.174. The van der Waals surface area contributed by atoms with E-state index in [1.165, 1.54) is 0 Å². The van der Waals surface area contributed by atoms with Crippen LogP contribution >= 0.6 is 0 Å². The predicted molar refractivity (Wildman–Crippen MR) is 118 cm³/mol. The average Bonchev–Trinajstić information content (AvgIpc) is 3.21. The second kappa shape index (κ2) is 9.73. The van der Waals surface area contributed by atoms with Gasteiger partial charge in [-0.1, -0.05) is 60.7 Å². The first-order valence-corrected chi connectivity index (χ1v) is 9.85. The fourth-order valence-electron chi connectivity index (χ4n) is 3.18. The molecule has 158 valence electrons. The molecule has 4 rings (SSSR count). The van der Waals surface area contributed by atoms with Crippen LogP contribution in [0.15, 0.2) is 72.9 Å². The van der Waals surface area contributed by atoms with Gasteiger partial charge < -0.3 is 14.8 Å². The van der Waals surface area contributed by atoms with Crippen LogP contribution in [-0.4, -0.2) is 34.9 Å². The van der Waals surface area contributed by atoms with Crippen LogP contribution in [0.3, 0.4) is 0 Å². The highest BCUT2D eigenvalue weighted by molar-refractivity contribution is 5.92. The molecule has 0 saturated carbocycles. The molecule has 0 radical (unpaired) electrons. The molecule has 2 amide bonds. The lowest BCUT2D eigenvalue weighted by Gasteiger charge is -2.18. The van der Waals surface area contributed by atoms with Gasteiger partial charge in [-0.05, 0) is 11.1 Å². The van der Waals surface area contributed by atoms with Gasteiger partial charge in [-0.2, -0.15) is 0 Å². The van der Waals surface area contributed by atoms with E-state index in [1.807, 2.05) is 60.7 Å². The summed E-state index contributed by atoms with van der Waals surface area (Å²) in [5.41, 5.74) is 2.71. The molecule has 0 aliphatic rings. The molecule has 31 heavy (non-hydrogen) atoms. The van der Waals surface area contributed by atoms with E-state index in [0.717, 1.165) is 16.5 Å². The largest absolute Gasteiger partial charge is 0.471 e. The van der Waals surface area contributed by atoms with Crippen molar-refractivity contribution in [3.63, 3.8) is 0 Å². The first-order chi connectivity index (χ1) is 15.2. The summed E-state index contributed by atoms with van der Waals surface area (Å²) < 4.78 is 11.0. The van der Waals surface area contributed by atoms with Crippen LogP contribution in [0.2, 0.25) is 0 Å². The lowest BCUT2D eigenvalue weighted by atomic mass is 10.1. The number of fused-ring (bicyclic) bond motifs is 1. The van der Waals surface area contributed by atoms with Gasteiger partial charge in [-0.15, -0.1) is 5.10 Å². The summed E-state index contributed by atoms with van der Waals surface area (Å²) in [6.45, 7) is 0.760. The van der Waals surface area contributed by atoms with Gasteiger partial charge in [0, 0.05) is 19.4 Å². The molecule has 8 nitrogen and oxygen atoms in total. The van der Waals surface area contributed by atoms with Crippen molar-refractivity contribution in [3.8, 4) is 5.88 Å². The number of carbonyl (C=O) groups is 1. The Hall–Kier alpha value is -3.91. The number of nitrogens with one attached hydrogen (secondary N) is 3. The lowest BCUT2D eigenvalue weighted by molar-refractivity contribution is 0.168. The molecule has 2 aromatic heterocycles. The third-order valence-electron chi connectivity index (χ3n) is 4.71. The van der Waals surface area contributed by atoms with Crippen molar-refractivity contribution in [2.24, 2.45) is 0 Å². The normalized spacial score (nSPS) is 11.8. The van der Waals surface area contributed by atoms with Gasteiger partial charge in [0.15, 0.2) is 0 Å². The molecule has 0 aliphatic heterocycles. The minimum atomic E-state index is -0.377. The first kappa shape index (κ1) is 20.4. The Morgan fingerprint density at radius 2 is 1.84 bits per heavy atom. The average molecular weight is 417 g/mol. The monoisotopic (exact) mass is 417 g/mol. The molecule has 8 heteroatoms. The number of urea groups is 1. The Balaban J connectivity index is 1.41. The van der Waals surface area contributed by atoms with Crippen LogP contribution in [0, 0.1) is 0 Å². The Labute approximate surface area is 179 Å². The highest BCUT2D eigenvalue weighted by atomic mass is 16.5. The number of H-pyrrole nitrogens is 1. The van der Waals surface area contributed by atoms with Crippen molar-refractivity contribution in [3.05, 3.63) is 84.1 Å². The van der Waals surface area contributed by atoms with Crippen molar-refractivity contribution in [2.75, 3.05) is 19.0 Å². The second-order valence-corrected chi connectivity index (χ2v) is 6.94. The number of aromatic nitrogens is 3. The molecule has 4 aromatic rings. The minimum absolute atomic E-state index is 0.278. The zero-order valence-corrected chi connectivity index (χ0v) is 17.0. The van der Waals surface area contributed by atoms with E-state index in [-0.39, 0.29) is 12.1 Å². The van der Waals surface area contributed by atoms with Crippen molar-refractivity contribution in [1.82, 2.24) is 20.5 Å². The zero-order chi connectivity index (χ0) is 21.5. The third kappa shape index (κ3) is 5.18. The van der Waals surface area contributed by atoms with Crippen LogP contribution in [0.25, 0.3) is 10.9 Å². The van der Waals surface area contributed by atoms with E-state index in [2.05, 4.69) is 25.8 Å². The standard InChI is InChI=1S/C23H23N5O3/c1-30-15-20(17-10-6-3-7-11-17)25-23(29)26-21-12-19-18(13-24-21)22(28-27-19)31-14-16-8-4-2-5-9-16/h2-13,20H,14-15H2,1H3,(H,27,28)(H2,24,25,26,29)/t20-/m1/s1. The maximum atomic E-state index is 12.5. The molecule has 0 unspecified atom stereocenters. The fourth-order valence-corrected chi connectivity index (χ4v) is 3.18. The van der Waals surface area contributed by atoms with Crippen LogP contribution in [0.5, 0.6) is 5.88 Å². The van der Waals surface area contributed by atoms with E-state index < -0.39 is 0 Å². The minimum Gasteiger partial charge on any atom is -0.471 e. The quantitative estimate of drug-likeness (QED) is 0.402. The zero-order valence-electron chi connectivity index (χ0n) is 17.0. The molecular weight excluding hydrogens is 394 g/mol. The summed E-state index contributed by atoms with van der Waals surface area (Å²) in [6, 6.07) is 20.6. The molecule has 0 spiro atoms. The van der Waals surface area contributed by atoms with E-state index in [0.29, 0.717) is 30.4 Å². The molecule has 0 bridgehead atoms. The van der Waals surface area contributed by atoms with E-state index in [9.17, 15) is 4.79 Å². The lowest BCUT2D eigenvalue weighted by Crippen LogP contribution is -2.35. The number of amides is 2. The SMILES string of the molecule is COC[C@@H](NC(=O)Nc1cc2[nH]nc(OCc3ccccc3)c2cn1)c1ccccc1. The van der Waals surface area contributed by atoms with Crippen molar-refractivity contribution < 1.29 is 14.3 Å². The summed E-state index contributed by atoms with van der Waals surface area (Å²) in [7, 11) is 1.60. The van der Waals surface area contributed by atoms with Gasteiger partial charge in [0.25, 0.3) is 0 Å². The Morgan fingerprint density at radius 3 is 2.58 bits per heavy atom. The highest BCUT2D eigenvalue weighted by Crippen LogP contribution is 2.24. The Bertz CT molecular complexity index is 1130. The summed E-state index contributed by atoms with van der Waals surface area (Å²) in [5.74, 6) is 0.860. The molecule has 3 N–H and O–H groups in total. The molecule has 0 fully saturated rings. The summed E-state index contributed by atoms with van der Waals surface area (Å²) in [6.07, 6.45) is 1.62. The van der Waals surface area contributed by atoms with Crippen molar-refractivity contribution in [1.29, 1.82) is 0 Å². The Kier molecular flexibility index (Phi) is 6.39. The number of rotatable bonds is 8. The first-order valence-electron chi connectivity index (χ1n) is 9.85. The van der Waals surface area contributed by atoms with Gasteiger partial charge in [0.05, 0.1) is 23.6 Å². The smallest absolute Gasteiger partial charge is 0.320 e. The maximum absolute atomic E-state index is 12.5. The number of hydrogen-bond donors (Lipinski definition) is 3. The molecule has 1 atom stereocenters. The number of aromatic amines is 1. The van der Waals surface area contributed by atoms with Crippen LogP contribution in [0.1, 0.15) is 17.2 Å². The molecule has 2 heterocycles. The summed E-state index contributed by atoms with van der Waals surface area (Å²) in [4.78, 5) is 16.8. The number of methoxy groups -OCH3 is 1. The molecule has 0 saturated heterocycles. The van der Waals surface area contributed by atoms with E-state index in [1.54, 1.807) is 19.4 Å². The molecule has 2 aromatic carbocycles. The number of nitrogens with zero attached hydrogens (tertiary/aromatic N) is 2. The highest BCUT2D eigenvalue weighted by Gasteiger charge is 2.15. The second-order valence-electron chi connectivity index (χ2n) is 6.94. The van der Waals surface area contributed by atoms with E-state index >= 15 is 0 Å². The number of pyridine rings is 1. The van der Waals surface area contributed by atoms with Crippen molar-refractivity contribution >= 4 is 22.8 Å². The van der Waals surface area contributed by atoms with Gasteiger partial charge in [0.2, 0.25) is 5.88 Å². The van der Waals surface area contributed by atoms with Crippen LogP contribution in [0.4, 0.5) is 10.6 Å². The topological polar surface area (TPSA) is 101 Å². The maximum Gasteiger partial charge on any atom is 0.320 e. The number of ether oxygens (including phenoxy) is 2. The Morgan fingerprint density at radius 1 is 1.10 bits per heavy atom. The summed E-state index contributed by atoms with van der Waals surface area (Å²) >= 11 is 0. The van der Waals surface area contributed by atoms with E-state index in [4.69, 9.17) is 9.47 Å². The van der Waals surface area contributed by atoms with Crippen molar-refractivity contribution in [2.45, 2.75) is 12.6 Å². The predicted octanol–water partition coefficient (Wildman–Crippen LogP) is 4.05. The van der Waals surface area contributed by atoms with Gasteiger partial charge in [-0.25, -0.2) is 9.78 Å². The third-order valence-corrected chi connectivity index (χ3v) is 4.71. The van der Waals surface area contributed by atoms with Crippen LogP contribution < -0.4 is 15.4 Å².